The van der Waals surface area contributed by atoms with Crippen molar-refractivity contribution < 1.29 is 22.7 Å². The van der Waals surface area contributed by atoms with Crippen LogP contribution < -0.4 is 15.6 Å². The molecule has 3 aromatic rings. The average Bonchev–Trinajstić information content (AvgIpc) is 2.70. The van der Waals surface area contributed by atoms with Crippen molar-refractivity contribution in [3.05, 3.63) is 71.3 Å². The zero-order chi connectivity index (χ0) is 21.6. The molecule has 2 aromatic heterocycles. The topological polar surface area (TPSA) is 86.1 Å². The Hall–Kier alpha value is -3.69. The van der Waals surface area contributed by atoms with Crippen LogP contribution in [0.2, 0.25) is 0 Å². The van der Waals surface area contributed by atoms with Gasteiger partial charge in [0.15, 0.2) is 0 Å². The first-order valence-corrected chi connectivity index (χ1v) is 8.94. The van der Waals surface area contributed by atoms with Crippen molar-refractivity contribution in [2.24, 2.45) is 0 Å². The lowest BCUT2D eigenvalue weighted by atomic mass is 10.2. The summed E-state index contributed by atoms with van der Waals surface area (Å²) in [6.45, 7) is 0.240. The lowest BCUT2D eigenvalue weighted by Crippen LogP contribution is -2.23. The Morgan fingerprint density at radius 1 is 1.03 bits per heavy atom. The molecule has 3 rings (SSSR count). The lowest BCUT2D eigenvalue weighted by Gasteiger charge is -2.10. The van der Waals surface area contributed by atoms with Gasteiger partial charge in [-0.3, -0.25) is 14.6 Å². The van der Waals surface area contributed by atoms with E-state index in [0.717, 1.165) is 17.7 Å². The number of carbonyl (C=O) groups is 1. The molecule has 0 spiro atoms. The minimum absolute atomic E-state index is 0.106. The number of amides is 1. The molecule has 1 N–H and O–H groups in total. The van der Waals surface area contributed by atoms with Crippen LogP contribution in [0.15, 0.2) is 65.7 Å². The Morgan fingerprint density at radius 3 is 2.40 bits per heavy atom. The highest BCUT2D eigenvalue weighted by Crippen LogP contribution is 2.24. The summed E-state index contributed by atoms with van der Waals surface area (Å²) in [5, 5.41) is 6.88. The smallest absolute Gasteiger partial charge is 0.406 e. The van der Waals surface area contributed by atoms with Gasteiger partial charge in [0.1, 0.15) is 5.75 Å². The van der Waals surface area contributed by atoms with Crippen molar-refractivity contribution in [1.82, 2.24) is 14.8 Å². The van der Waals surface area contributed by atoms with Gasteiger partial charge in [0, 0.05) is 42.7 Å². The fraction of sp³-hybridized carbons (Fsp3) is 0.200. The van der Waals surface area contributed by atoms with Gasteiger partial charge in [-0.2, -0.15) is 5.10 Å². The second kappa shape index (κ2) is 9.21. The summed E-state index contributed by atoms with van der Waals surface area (Å²) in [4.78, 5) is 28.0. The van der Waals surface area contributed by atoms with Crippen LogP contribution >= 0.6 is 0 Å². The van der Waals surface area contributed by atoms with E-state index in [-0.39, 0.29) is 30.2 Å². The molecule has 7 nitrogen and oxygen atoms in total. The van der Waals surface area contributed by atoms with Crippen LogP contribution in [0.4, 0.5) is 18.9 Å². The number of aromatic nitrogens is 3. The fourth-order valence-electron chi connectivity index (χ4n) is 2.64. The number of carbonyl (C=O) groups excluding carboxylic acids is 1. The van der Waals surface area contributed by atoms with Gasteiger partial charge in [-0.25, -0.2) is 4.68 Å². The van der Waals surface area contributed by atoms with Crippen molar-refractivity contribution in [2.45, 2.75) is 25.7 Å². The molecule has 10 heteroatoms. The molecule has 1 amide bonds. The number of pyridine rings is 1. The number of nitrogens with zero attached hydrogens (tertiary/aromatic N) is 3. The van der Waals surface area contributed by atoms with Crippen LogP contribution in [-0.4, -0.2) is 27.0 Å². The SMILES string of the molecule is O=C(CCCn1nc(-c2ccncc2)ccc1=O)Nc1ccc(OC(F)(F)F)cc1. The highest BCUT2D eigenvalue weighted by atomic mass is 19.4. The average molecular weight is 418 g/mol. The molecule has 156 valence electrons. The maximum Gasteiger partial charge on any atom is 0.573 e. The van der Waals surface area contributed by atoms with E-state index < -0.39 is 6.36 Å². The van der Waals surface area contributed by atoms with E-state index in [2.05, 4.69) is 20.1 Å². The van der Waals surface area contributed by atoms with Crippen molar-refractivity contribution in [2.75, 3.05) is 5.32 Å². The van der Waals surface area contributed by atoms with Gasteiger partial charge in [-0.1, -0.05) is 0 Å². The van der Waals surface area contributed by atoms with Crippen molar-refractivity contribution in [3.8, 4) is 17.0 Å². The van der Waals surface area contributed by atoms with E-state index in [4.69, 9.17) is 0 Å². The van der Waals surface area contributed by atoms with Gasteiger partial charge in [-0.05, 0) is 48.9 Å². The number of rotatable bonds is 7. The Balaban J connectivity index is 1.53. The molecule has 1 aromatic carbocycles. The number of ether oxygens (including phenoxy) is 1. The number of alkyl halides is 3. The number of halogens is 3. The number of hydrogen-bond donors (Lipinski definition) is 1. The molecule has 0 fully saturated rings. The molecule has 0 aliphatic rings. The van der Waals surface area contributed by atoms with Crippen LogP contribution in [0.5, 0.6) is 5.75 Å². The summed E-state index contributed by atoms with van der Waals surface area (Å²) >= 11 is 0. The van der Waals surface area contributed by atoms with Crippen LogP contribution in [0.1, 0.15) is 12.8 Å². The number of benzene rings is 1. The van der Waals surface area contributed by atoms with Crippen molar-refractivity contribution >= 4 is 11.6 Å². The first kappa shape index (κ1) is 21.0. The molecule has 0 radical (unpaired) electrons. The number of hydrogen-bond acceptors (Lipinski definition) is 5. The van der Waals surface area contributed by atoms with E-state index in [1.165, 1.54) is 22.9 Å². The first-order valence-electron chi connectivity index (χ1n) is 8.94. The molecule has 0 saturated heterocycles. The minimum Gasteiger partial charge on any atom is -0.406 e. The van der Waals surface area contributed by atoms with E-state index in [1.54, 1.807) is 30.6 Å². The first-order chi connectivity index (χ1) is 14.3. The highest BCUT2D eigenvalue weighted by molar-refractivity contribution is 5.90. The van der Waals surface area contributed by atoms with E-state index in [0.29, 0.717) is 17.8 Å². The van der Waals surface area contributed by atoms with Gasteiger partial charge >= 0.3 is 6.36 Å². The van der Waals surface area contributed by atoms with Gasteiger partial charge in [-0.15, -0.1) is 13.2 Å². The number of anilines is 1. The summed E-state index contributed by atoms with van der Waals surface area (Å²) in [5.74, 6) is -0.710. The molecule has 2 heterocycles. The standard InChI is InChI=1S/C20H17F3N4O3/c21-20(22,23)30-16-5-3-15(4-6-16)25-18(28)2-1-13-27-19(29)8-7-17(26-27)14-9-11-24-12-10-14/h3-12H,1-2,13H2,(H,25,28). The van der Waals surface area contributed by atoms with E-state index >= 15 is 0 Å². The third-order valence-electron chi connectivity index (χ3n) is 3.99. The Bertz CT molecular complexity index is 1050. The van der Waals surface area contributed by atoms with Crippen LogP contribution in [-0.2, 0) is 11.3 Å². The Morgan fingerprint density at radius 2 is 1.73 bits per heavy atom. The van der Waals surface area contributed by atoms with E-state index in [9.17, 15) is 22.8 Å². The molecule has 0 saturated carbocycles. The fourth-order valence-corrected chi connectivity index (χ4v) is 2.64. The second-order valence-corrected chi connectivity index (χ2v) is 6.24. The molecule has 0 aliphatic heterocycles. The normalized spacial score (nSPS) is 11.2. The zero-order valence-electron chi connectivity index (χ0n) is 15.6. The van der Waals surface area contributed by atoms with Gasteiger partial charge in [0.05, 0.1) is 5.69 Å². The van der Waals surface area contributed by atoms with Gasteiger partial charge in [0.25, 0.3) is 5.56 Å². The Kier molecular flexibility index (Phi) is 6.45. The highest BCUT2D eigenvalue weighted by Gasteiger charge is 2.30. The Labute approximate surface area is 169 Å². The van der Waals surface area contributed by atoms with Gasteiger partial charge in [0.2, 0.25) is 5.91 Å². The van der Waals surface area contributed by atoms with Crippen molar-refractivity contribution in [1.29, 1.82) is 0 Å². The molecular weight excluding hydrogens is 401 g/mol. The molecule has 0 bridgehead atoms. The summed E-state index contributed by atoms with van der Waals surface area (Å²) in [7, 11) is 0. The monoisotopic (exact) mass is 418 g/mol. The maximum atomic E-state index is 12.2. The summed E-state index contributed by atoms with van der Waals surface area (Å²) < 4.78 is 41.5. The van der Waals surface area contributed by atoms with Crippen molar-refractivity contribution in [3.63, 3.8) is 0 Å². The summed E-state index contributed by atoms with van der Waals surface area (Å²) in [5.41, 5.74) is 1.48. The molecule has 0 aliphatic carbocycles. The second-order valence-electron chi connectivity index (χ2n) is 6.24. The zero-order valence-corrected chi connectivity index (χ0v) is 15.6. The number of aryl methyl sites for hydroxylation is 1. The maximum absolute atomic E-state index is 12.2. The number of nitrogens with one attached hydrogen (secondary N) is 1. The molecule has 30 heavy (non-hydrogen) atoms. The summed E-state index contributed by atoms with van der Waals surface area (Å²) in [6, 6.07) is 11.4. The minimum atomic E-state index is -4.77. The van der Waals surface area contributed by atoms with Gasteiger partial charge < -0.3 is 10.1 Å². The van der Waals surface area contributed by atoms with Crippen LogP contribution in [0.3, 0.4) is 0 Å². The summed E-state index contributed by atoms with van der Waals surface area (Å²) in [6.07, 6.45) is -1.06. The van der Waals surface area contributed by atoms with Crippen LogP contribution in [0, 0.1) is 0 Å². The largest absolute Gasteiger partial charge is 0.573 e. The predicted molar refractivity (Wildman–Crippen MR) is 103 cm³/mol. The van der Waals surface area contributed by atoms with E-state index in [1.807, 2.05) is 0 Å². The third-order valence-corrected chi connectivity index (χ3v) is 3.99. The molecule has 0 atom stereocenters. The predicted octanol–water partition coefficient (Wildman–Crippen LogP) is 3.62. The third kappa shape index (κ3) is 6.16. The lowest BCUT2D eigenvalue weighted by molar-refractivity contribution is -0.274. The quantitative estimate of drug-likeness (QED) is 0.633. The molecular formula is C20H17F3N4O3. The van der Waals surface area contributed by atoms with Crippen LogP contribution in [0.25, 0.3) is 11.3 Å². The molecule has 0 unspecified atom stereocenters.